The van der Waals surface area contributed by atoms with Crippen LogP contribution in [0.3, 0.4) is 0 Å². The molecule has 6 heteroatoms. The van der Waals surface area contributed by atoms with Gasteiger partial charge in [-0.1, -0.05) is 18.2 Å². The summed E-state index contributed by atoms with van der Waals surface area (Å²) in [6.45, 7) is 4.13. The predicted molar refractivity (Wildman–Crippen MR) is 105 cm³/mol. The van der Waals surface area contributed by atoms with Crippen LogP contribution in [-0.2, 0) is 6.54 Å². The lowest BCUT2D eigenvalue weighted by Gasteiger charge is -2.13. The lowest BCUT2D eigenvalue weighted by Crippen LogP contribution is -2.38. The number of aryl methyl sites for hydroxylation is 1. The van der Waals surface area contributed by atoms with Gasteiger partial charge in [-0.3, -0.25) is 4.99 Å². The van der Waals surface area contributed by atoms with Gasteiger partial charge in [0.2, 0.25) is 0 Å². The Balaban J connectivity index is 0.00000242. The van der Waals surface area contributed by atoms with Crippen molar-refractivity contribution in [3.63, 3.8) is 0 Å². The summed E-state index contributed by atoms with van der Waals surface area (Å²) in [6, 6.07) is 10.1. The molecule has 2 rings (SSSR count). The number of ether oxygens (including phenoxy) is 1. The Bertz CT molecular complexity index is 573. The summed E-state index contributed by atoms with van der Waals surface area (Å²) in [5, 5.41) is 10.7. The summed E-state index contributed by atoms with van der Waals surface area (Å²) in [4.78, 5) is 4.19. The van der Waals surface area contributed by atoms with Crippen molar-refractivity contribution in [3.05, 3.63) is 52.2 Å². The number of halogens is 1. The van der Waals surface area contributed by atoms with Crippen molar-refractivity contribution in [2.45, 2.75) is 13.5 Å². The van der Waals surface area contributed by atoms with Crippen LogP contribution in [-0.4, -0.2) is 26.2 Å². The normalized spacial score (nSPS) is 10.7. The van der Waals surface area contributed by atoms with Crippen molar-refractivity contribution < 1.29 is 4.74 Å². The Morgan fingerprint density at radius 2 is 2.05 bits per heavy atom. The van der Waals surface area contributed by atoms with Crippen LogP contribution in [0, 0.1) is 6.92 Å². The third-order valence-corrected chi connectivity index (χ3v) is 3.74. The molecule has 1 aromatic heterocycles. The van der Waals surface area contributed by atoms with Gasteiger partial charge in [-0.15, -0.1) is 24.0 Å². The molecule has 0 aliphatic heterocycles. The minimum atomic E-state index is 0. The molecule has 22 heavy (non-hydrogen) atoms. The second-order valence-corrected chi connectivity index (χ2v) is 5.38. The molecule has 1 aromatic carbocycles. The Kier molecular flexibility index (Phi) is 8.91. The zero-order valence-electron chi connectivity index (χ0n) is 12.8. The third-order valence-electron chi connectivity index (χ3n) is 3.01. The van der Waals surface area contributed by atoms with E-state index >= 15 is 0 Å². The second kappa shape index (κ2) is 10.4. The maximum absolute atomic E-state index is 5.74. The molecule has 0 aliphatic rings. The average molecular weight is 431 g/mol. The quantitative estimate of drug-likeness (QED) is 0.319. The summed E-state index contributed by atoms with van der Waals surface area (Å²) in [6.07, 6.45) is 0. The second-order valence-electron chi connectivity index (χ2n) is 4.60. The molecule has 0 amide bonds. The van der Waals surface area contributed by atoms with Crippen LogP contribution in [0.25, 0.3) is 0 Å². The zero-order chi connectivity index (χ0) is 14.9. The van der Waals surface area contributed by atoms with Crippen molar-refractivity contribution in [2.24, 2.45) is 4.99 Å². The highest BCUT2D eigenvalue weighted by atomic mass is 127. The Morgan fingerprint density at radius 3 is 2.73 bits per heavy atom. The van der Waals surface area contributed by atoms with E-state index < -0.39 is 0 Å². The van der Waals surface area contributed by atoms with Crippen LogP contribution in [0.4, 0.5) is 0 Å². The molecule has 0 spiro atoms. The first-order valence-corrected chi connectivity index (χ1v) is 7.88. The monoisotopic (exact) mass is 431 g/mol. The molecule has 0 unspecified atom stereocenters. The van der Waals surface area contributed by atoms with Crippen LogP contribution in [0.5, 0.6) is 5.75 Å². The summed E-state index contributed by atoms with van der Waals surface area (Å²) in [5.74, 6) is 1.72. The average Bonchev–Trinajstić information content (AvgIpc) is 3.01. The molecule has 2 N–H and O–H groups in total. The van der Waals surface area contributed by atoms with E-state index in [1.54, 1.807) is 18.4 Å². The summed E-state index contributed by atoms with van der Waals surface area (Å²) >= 11 is 1.70. The van der Waals surface area contributed by atoms with Crippen LogP contribution in [0.1, 0.15) is 11.1 Å². The summed E-state index contributed by atoms with van der Waals surface area (Å²) in [7, 11) is 1.77. The van der Waals surface area contributed by atoms with Crippen molar-refractivity contribution in [2.75, 3.05) is 20.2 Å². The van der Waals surface area contributed by atoms with E-state index in [2.05, 4.69) is 32.5 Å². The molecule has 0 fully saturated rings. The first kappa shape index (κ1) is 18.8. The minimum Gasteiger partial charge on any atom is -0.491 e. The lowest BCUT2D eigenvalue weighted by atomic mass is 10.2. The first-order chi connectivity index (χ1) is 10.3. The zero-order valence-corrected chi connectivity index (χ0v) is 16.0. The molecule has 0 atom stereocenters. The van der Waals surface area contributed by atoms with E-state index in [1.165, 1.54) is 5.56 Å². The van der Waals surface area contributed by atoms with Gasteiger partial charge in [0.1, 0.15) is 12.4 Å². The van der Waals surface area contributed by atoms with Gasteiger partial charge >= 0.3 is 0 Å². The number of guanidine groups is 1. The molecule has 0 radical (unpaired) electrons. The van der Waals surface area contributed by atoms with Gasteiger partial charge in [0, 0.05) is 13.6 Å². The molecule has 0 saturated carbocycles. The number of nitrogens with zero attached hydrogens (tertiary/aromatic N) is 1. The number of hydrogen-bond acceptors (Lipinski definition) is 3. The fourth-order valence-corrected chi connectivity index (χ4v) is 2.52. The van der Waals surface area contributed by atoms with Crippen LogP contribution >= 0.6 is 35.3 Å². The standard InChI is InChI=1S/C16H21N3OS.HI/c1-13-5-3-4-6-15(13)20-9-8-18-16(17-2)19-11-14-7-10-21-12-14;/h3-7,10,12H,8-9,11H2,1-2H3,(H2,17,18,19);1H. The molecule has 120 valence electrons. The largest absolute Gasteiger partial charge is 0.491 e. The van der Waals surface area contributed by atoms with Gasteiger partial charge in [-0.2, -0.15) is 11.3 Å². The Morgan fingerprint density at radius 1 is 1.23 bits per heavy atom. The first-order valence-electron chi connectivity index (χ1n) is 6.93. The number of hydrogen-bond donors (Lipinski definition) is 2. The van der Waals surface area contributed by atoms with Gasteiger partial charge in [0.25, 0.3) is 0 Å². The molecular formula is C16H22IN3OS. The third kappa shape index (κ3) is 6.23. The maximum Gasteiger partial charge on any atom is 0.191 e. The molecular weight excluding hydrogens is 409 g/mol. The van der Waals surface area contributed by atoms with Crippen LogP contribution in [0.2, 0.25) is 0 Å². The highest BCUT2D eigenvalue weighted by molar-refractivity contribution is 14.0. The van der Waals surface area contributed by atoms with E-state index in [0.29, 0.717) is 13.2 Å². The number of aliphatic imine (C=N–C) groups is 1. The number of para-hydroxylation sites is 1. The molecule has 0 bridgehead atoms. The van der Waals surface area contributed by atoms with Crippen LogP contribution < -0.4 is 15.4 Å². The van der Waals surface area contributed by atoms with Crippen molar-refractivity contribution in [1.82, 2.24) is 10.6 Å². The van der Waals surface area contributed by atoms with E-state index in [0.717, 1.165) is 23.8 Å². The molecule has 0 saturated heterocycles. The van der Waals surface area contributed by atoms with Gasteiger partial charge < -0.3 is 15.4 Å². The lowest BCUT2D eigenvalue weighted by molar-refractivity contribution is 0.320. The Hall–Kier alpha value is -1.28. The number of benzene rings is 1. The molecule has 1 heterocycles. The highest BCUT2D eigenvalue weighted by Gasteiger charge is 2.00. The topological polar surface area (TPSA) is 45.7 Å². The van der Waals surface area contributed by atoms with E-state index in [4.69, 9.17) is 4.74 Å². The van der Waals surface area contributed by atoms with Crippen molar-refractivity contribution >= 4 is 41.3 Å². The fourth-order valence-electron chi connectivity index (χ4n) is 1.85. The number of thiophene rings is 1. The number of rotatable bonds is 6. The molecule has 2 aromatic rings. The Labute approximate surface area is 153 Å². The maximum atomic E-state index is 5.74. The molecule has 4 nitrogen and oxygen atoms in total. The van der Waals surface area contributed by atoms with E-state index in [9.17, 15) is 0 Å². The number of nitrogens with one attached hydrogen (secondary N) is 2. The van der Waals surface area contributed by atoms with Crippen molar-refractivity contribution in [1.29, 1.82) is 0 Å². The van der Waals surface area contributed by atoms with E-state index in [-0.39, 0.29) is 24.0 Å². The SMILES string of the molecule is CN=C(NCCOc1ccccc1C)NCc1ccsc1.I. The van der Waals surface area contributed by atoms with Gasteiger partial charge in [0.05, 0.1) is 6.54 Å². The summed E-state index contributed by atoms with van der Waals surface area (Å²) < 4.78 is 5.74. The summed E-state index contributed by atoms with van der Waals surface area (Å²) in [5.41, 5.74) is 2.41. The van der Waals surface area contributed by atoms with Gasteiger partial charge in [-0.05, 0) is 40.9 Å². The van der Waals surface area contributed by atoms with Gasteiger partial charge in [0.15, 0.2) is 5.96 Å². The van der Waals surface area contributed by atoms with Crippen molar-refractivity contribution in [3.8, 4) is 5.75 Å². The molecule has 0 aliphatic carbocycles. The van der Waals surface area contributed by atoms with Crippen LogP contribution in [0.15, 0.2) is 46.1 Å². The van der Waals surface area contributed by atoms with E-state index in [1.807, 2.05) is 31.2 Å². The minimum absolute atomic E-state index is 0. The fraction of sp³-hybridized carbons (Fsp3) is 0.312. The van der Waals surface area contributed by atoms with Gasteiger partial charge in [-0.25, -0.2) is 0 Å². The predicted octanol–water partition coefficient (Wildman–Crippen LogP) is 3.42. The highest BCUT2D eigenvalue weighted by Crippen LogP contribution is 2.15. The smallest absolute Gasteiger partial charge is 0.191 e.